The van der Waals surface area contributed by atoms with Crippen molar-refractivity contribution >= 4 is 0 Å². The molecule has 0 spiro atoms. The summed E-state index contributed by atoms with van der Waals surface area (Å²) in [6.45, 7) is 4.05. The van der Waals surface area contributed by atoms with Crippen molar-refractivity contribution in [1.29, 1.82) is 0 Å². The van der Waals surface area contributed by atoms with E-state index in [1.54, 1.807) is 7.11 Å². The molecule has 2 fully saturated rings. The number of aliphatic hydroxyl groups is 2. The highest BCUT2D eigenvalue weighted by molar-refractivity contribution is 5.26. The van der Waals surface area contributed by atoms with Gasteiger partial charge >= 0.3 is 0 Å². The van der Waals surface area contributed by atoms with Crippen LogP contribution in [0.2, 0.25) is 0 Å². The molecule has 1 aromatic rings. The number of hydrogen-bond acceptors (Lipinski definition) is 7. The Labute approximate surface area is 153 Å². The number of fused-ring (bicyclic) bond motifs is 1. The van der Waals surface area contributed by atoms with Crippen molar-refractivity contribution in [3.8, 4) is 5.75 Å². The largest absolute Gasteiger partial charge is 0.497 e. The zero-order valence-corrected chi connectivity index (χ0v) is 15.5. The number of ether oxygens (including phenoxy) is 5. The first kappa shape index (κ1) is 19.5. The summed E-state index contributed by atoms with van der Waals surface area (Å²) in [7, 11) is 1.62. The lowest BCUT2D eigenvalue weighted by Gasteiger charge is -2.26. The maximum atomic E-state index is 10.4. The summed E-state index contributed by atoms with van der Waals surface area (Å²) in [6, 6.07) is 7.59. The molecule has 7 heteroatoms. The van der Waals surface area contributed by atoms with Crippen LogP contribution in [0.1, 0.15) is 32.3 Å². The van der Waals surface area contributed by atoms with Gasteiger partial charge in [-0.15, -0.1) is 0 Å². The average molecular weight is 368 g/mol. The van der Waals surface area contributed by atoms with E-state index in [9.17, 15) is 5.11 Å². The van der Waals surface area contributed by atoms with E-state index in [0.717, 1.165) is 11.3 Å². The minimum atomic E-state index is -0.754. The molecule has 0 aliphatic carbocycles. The van der Waals surface area contributed by atoms with Crippen LogP contribution in [0.4, 0.5) is 0 Å². The minimum Gasteiger partial charge on any atom is -0.497 e. The molecule has 0 amide bonds. The van der Waals surface area contributed by atoms with Crippen LogP contribution in [0.3, 0.4) is 0 Å². The van der Waals surface area contributed by atoms with E-state index in [1.165, 1.54) is 0 Å². The van der Waals surface area contributed by atoms with Crippen molar-refractivity contribution in [2.75, 3.05) is 13.7 Å². The van der Waals surface area contributed by atoms with E-state index in [-0.39, 0.29) is 6.61 Å². The lowest BCUT2D eigenvalue weighted by atomic mass is 10.0. The Kier molecular flexibility index (Phi) is 6.17. The van der Waals surface area contributed by atoms with Gasteiger partial charge in [-0.05, 0) is 44.4 Å². The molecule has 7 nitrogen and oxygen atoms in total. The number of hydrogen-bond donors (Lipinski definition) is 2. The van der Waals surface area contributed by atoms with Crippen molar-refractivity contribution in [3.63, 3.8) is 0 Å². The monoisotopic (exact) mass is 368 g/mol. The number of aliphatic hydroxyl groups excluding tert-OH is 2. The van der Waals surface area contributed by atoms with E-state index in [2.05, 4.69) is 0 Å². The Bertz CT molecular complexity index is 574. The van der Waals surface area contributed by atoms with Crippen LogP contribution in [0.5, 0.6) is 5.75 Å². The molecule has 0 unspecified atom stereocenters. The predicted molar refractivity (Wildman–Crippen MR) is 92.6 cm³/mol. The van der Waals surface area contributed by atoms with Crippen LogP contribution >= 0.6 is 0 Å². The third-order valence-corrected chi connectivity index (χ3v) is 4.66. The highest BCUT2D eigenvalue weighted by Crippen LogP contribution is 2.40. The lowest BCUT2D eigenvalue weighted by Crippen LogP contribution is -2.38. The third-order valence-electron chi connectivity index (χ3n) is 4.66. The Balaban J connectivity index is 1.64. The molecule has 5 atom stereocenters. The van der Waals surface area contributed by atoms with E-state index in [4.69, 9.17) is 28.8 Å². The van der Waals surface area contributed by atoms with Crippen LogP contribution in [0.15, 0.2) is 24.3 Å². The van der Waals surface area contributed by atoms with Crippen molar-refractivity contribution < 1.29 is 33.9 Å². The Hall–Kier alpha value is -1.22. The van der Waals surface area contributed by atoms with Gasteiger partial charge in [0.15, 0.2) is 12.1 Å². The smallest absolute Gasteiger partial charge is 0.187 e. The molecule has 2 N–H and O–H groups in total. The molecule has 26 heavy (non-hydrogen) atoms. The van der Waals surface area contributed by atoms with Crippen LogP contribution < -0.4 is 4.74 Å². The molecule has 2 aliphatic rings. The van der Waals surface area contributed by atoms with Crippen molar-refractivity contribution in [2.24, 2.45) is 0 Å². The van der Waals surface area contributed by atoms with Gasteiger partial charge < -0.3 is 33.9 Å². The Morgan fingerprint density at radius 2 is 1.85 bits per heavy atom. The van der Waals surface area contributed by atoms with Gasteiger partial charge in [-0.25, -0.2) is 0 Å². The maximum Gasteiger partial charge on any atom is 0.187 e. The molecular weight excluding hydrogens is 340 g/mol. The van der Waals surface area contributed by atoms with Crippen LogP contribution in [-0.2, 0) is 25.6 Å². The zero-order valence-electron chi connectivity index (χ0n) is 15.5. The molecular formula is C19H28O7. The molecule has 0 bridgehead atoms. The van der Waals surface area contributed by atoms with Gasteiger partial charge in [0, 0.05) is 6.61 Å². The van der Waals surface area contributed by atoms with Crippen LogP contribution in [0.25, 0.3) is 0 Å². The molecule has 0 radical (unpaired) electrons. The number of methoxy groups -OCH3 is 1. The predicted octanol–water partition coefficient (Wildman–Crippen LogP) is 1.59. The summed E-state index contributed by atoms with van der Waals surface area (Å²) in [5.41, 5.74) is 0.980. The molecule has 2 aliphatic heterocycles. The second-order valence-corrected chi connectivity index (χ2v) is 7.13. The molecule has 2 saturated heterocycles. The molecule has 0 aromatic heterocycles. The highest BCUT2D eigenvalue weighted by atomic mass is 16.8. The van der Waals surface area contributed by atoms with Gasteiger partial charge in [0.05, 0.1) is 19.8 Å². The summed E-state index contributed by atoms with van der Waals surface area (Å²) in [5, 5.41) is 19.4. The van der Waals surface area contributed by atoms with Crippen molar-refractivity contribution in [2.45, 2.75) is 69.8 Å². The van der Waals surface area contributed by atoms with E-state index >= 15 is 0 Å². The summed E-state index contributed by atoms with van der Waals surface area (Å²) in [5.74, 6) is 0.0303. The first-order valence-corrected chi connectivity index (χ1v) is 8.98. The molecule has 0 saturated carbocycles. The quantitative estimate of drug-likeness (QED) is 0.720. The fourth-order valence-electron chi connectivity index (χ4n) is 3.40. The van der Waals surface area contributed by atoms with Crippen molar-refractivity contribution in [1.82, 2.24) is 0 Å². The highest BCUT2D eigenvalue weighted by Gasteiger charge is 2.57. The van der Waals surface area contributed by atoms with Gasteiger partial charge in [-0.2, -0.15) is 0 Å². The van der Waals surface area contributed by atoms with E-state index in [0.29, 0.717) is 19.4 Å². The summed E-state index contributed by atoms with van der Waals surface area (Å²) < 4.78 is 28.9. The first-order valence-electron chi connectivity index (χ1n) is 8.98. The topological polar surface area (TPSA) is 86.6 Å². The number of benzene rings is 1. The first-order chi connectivity index (χ1) is 12.4. The van der Waals surface area contributed by atoms with Gasteiger partial charge in [0.1, 0.15) is 24.1 Å². The third kappa shape index (κ3) is 4.36. The van der Waals surface area contributed by atoms with Gasteiger partial charge in [0.25, 0.3) is 0 Å². The SMILES string of the molecule is COc1ccc(CO[C@H]2O[C@H]([C@@H](O)CCCO)[C@@H]3OC(C)(C)O[C@H]23)cc1. The standard InChI is InChI=1S/C19H28O7/c1-19(2)25-16-15(14(21)5-4-10-20)24-18(17(16)26-19)23-11-12-6-8-13(22-3)9-7-12/h6-9,14-18,20-21H,4-5,10-11H2,1-3H3/t14-,15+,16-,17-,18-/m0/s1. The zero-order chi connectivity index (χ0) is 18.7. The normalized spacial score (nSPS) is 31.0. The van der Waals surface area contributed by atoms with Gasteiger partial charge in [-0.3, -0.25) is 0 Å². The molecule has 3 rings (SSSR count). The fraction of sp³-hybridized carbons (Fsp3) is 0.684. The van der Waals surface area contributed by atoms with E-state index in [1.807, 2.05) is 38.1 Å². The minimum absolute atomic E-state index is 0.0259. The maximum absolute atomic E-state index is 10.4. The van der Waals surface area contributed by atoms with Crippen molar-refractivity contribution in [3.05, 3.63) is 29.8 Å². The van der Waals surface area contributed by atoms with Crippen LogP contribution in [0, 0.1) is 0 Å². The molecule has 2 heterocycles. The van der Waals surface area contributed by atoms with E-state index < -0.39 is 36.5 Å². The Morgan fingerprint density at radius 3 is 2.50 bits per heavy atom. The molecule has 1 aromatic carbocycles. The Morgan fingerprint density at radius 1 is 1.15 bits per heavy atom. The molecule has 146 valence electrons. The lowest BCUT2D eigenvalue weighted by molar-refractivity contribution is -0.246. The summed E-state index contributed by atoms with van der Waals surface area (Å²) >= 11 is 0. The van der Waals surface area contributed by atoms with Gasteiger partial charge in [-0.1, -0.05) is 12.1 Å². The second-order valence-electron chi connectivity index (χ2n) is 7.13. The summed E-state index contributed by atoms with van der Waals surface area (Å²) in [4.78, 5) is 0. The second kappa shape index (κ2) is 8.21. The number of rotatable bonds is 8. The van der Waals surface area contributed by atoms with Crippen LogP contribution in [-0.4, -0.2) is 60.4 Å². The fourth-order valence-corrected chi connectivity index (χ4v) is 3.40. The van der Waals surface area contributed by atoms with Gasteiger partial charge in [0.2, 0.25) is 0 Å². The average Bonchev–Trinajstić information content (AvgIpc) is 3.11. The summed E-state index contributed by atoms with van der Waals surface area (Å²) in [6.07, 6.45) is -1.80.